The van der Waals surface area contributed by atoms with Crippen LogP contribution in [0.5, 0.6) is 0 Å². The molecule has 3 N–H and O–H groups in total. The fraction of sp³-hybridized carbons (Fsp3) is 0.400. The number of anilines is 1. The van der Waals surface area contributed by atoms with Gasteiger partial charge in [-0.2, -0.15) is 15.0 Å². The molecule has 0 fully saturated rings. The van der Waals surface area contributed by atoms with Crippen LogP contribution in [0.25, 0.3) is 0 Å². The van der Waals surface area contributed by atoms with Gasteiger partial charge in [0.2, 0.25) is 26.5 Å². The predicted molar refractivity (Wildman–Crippen MR) is 56.3 cm³/mol. The minimum atomic E-state index is -3.51. The fourth-order valence-corrected chi connectivity index (χ4v) is 1.46. The van der Waals surface area contributed by atoms with E-state index in [1.165, 1.54) is 0 Å². The Labute approximate surface area is 96.1 Å². The van der Waals surface area contributed by atoms with E-state index in [2.05, 4.69) is 20.3 Å². The molecule has 0 atom stereocenters. The fourth-order valence-electron chi connectivity index (χ4n) is 0.710. The van der Waals surface area contributed by atoms with Gasteiger partial charge < -0.3 is 5.32 Å². The number of aromatic nitrogens is 3. The first-order valence-corrected chi connectivity index (χ1v) is 6.15. The molecule has 84 valence electrons. The van der Waals surface area contributed by atoms with Crippen LogP contribution in [0.3, 0.4) is 0 Å². The minimum absolute atomic E-state index is 0.0650. The zero-order valence-corrected chi connectivity index (χ0v) is 9.64. The molecule has 10 heteroatoms. The van der Waals surface area contributed by atoms with Crippen molar-refractivity contribution >= 4 is 39.2 Å². The second-order valence-corrected chi connectivity index (χ2v) is 4.90. The van der Waals surface area contributed by atoms with Gasteiger partial charge in [0.1, 0.15) is 0 Å². The number of hydrogen-bond acceptors (Lipinski definition) is 6. The van der Waals surface area contributed by atoms with Gasteiger partial charge >= 0.3 is 0 Å². The molecule has 1 heterocycles. The van der Waals surface area contributed by atoms with Gasteiger partial charge in [0, 0.05) is 6.54 Å². The van der Waals surface area contributed by atoms with Crippen molar-refractivity contribution < 1.29 is 8.42 Å². The molecular weight excluding hydrogens is 265 g/mol. The molecule has 0 amide bonds. The average Bonchev–Trinajstić information content (AvgIpc) is 1.99. The summed E-state index contributed by atoms with van der Waals surface area (Å²) < 4.78 is 21.2. The molecular formula is C5H7Cl2N5O2S. The smallest absolute Gasteiger partial charge is 0.228 e. The van der Waals surface area contributed by atoms with Crippen LogP contribution in [0.1, 0.15) is 0 Å². The van der Waals surface area contributed by atoms with Crippen LogP contribution in [0.4, 0.5) is 5.95 Å². The number of nitrogens with zero attached hydrogens (tertiary/aromatic N) is 3. The van der Waals surface area contributed by atoms with Gasteiger partial charge in [-0.25, -0.2) is 13.6 Å². The third-order valence-electron chi connectivity index (χ3n) is 1.25. The first-order chi connectivity index (χ1) is 6.87. The number of rotatable bonds is 4. The van der Waals surface area contributed by atoms with Crippen molar-refractivity contribution in [2.45, 2.75) is 0 Å². The van der Waals surface area contributed by atoms with E-state index < -0.39 is 10.0 Å². The van der Waals surface area contributed by atoms with E-state index in [0.29, 0.717) is 0 Å². The minimum Gasteiger partial charge on any atom is -0.353 e. The maximum atomic E-state index is 10.6. The average molecular weight is 272 g/mol. The summed E-state index contributed by atoms with van der Waals surface area (Å²) >= 11 is 11.0. The normalized spacial score (nSPS) is 11.4. The molecule has 0 spiro atoms. The van der Waals surface area contributed by atoms with Crippen molar-refractivity contribution in [3.05, 3.63) is 10.6 Å². The molecule has 1 rings (SSSR count). The Morgan fingerprint density at radius 2 is 1.73 bits per heavy atom. The Kier molecular flexibility index (Phi) is 4.03. The Morgan fingerprint density at radius 1 is 1.20 bits per heavy atom. The lowest BCUT2D eigenvalue weighted by molar-refractivity contribution is 0.598. The van der Waals surface area contributed by atoms with Gasteiger partial charge in [-0.3, -0.25) is 0 Å². The zero-order valence-electron chi connectivity index (χ0n) is 7.31. The highest BCUT2D eigenvalue weighted by Crippen LogP contribution is 2.08. The Bertz CT molecular complexity index is 430. The Balaban J connectivity index is 2.58. The second-order valence-electron chi connectivity index (χ2n) is 2.49. The van der Waals surface area contributed by atoms with Crippen LogP contribution in [-0.2, 0) is 10.0 Å². The lowest BCUT2D eigenvalue weighted by Crippen LogP contribution is -2.23. The predicted octanol–water partition coefficient (Wildman–Crippen LogP) is -0.121. The monoisotopic (exact) mass is 271 g/mol. The van der Waals surface area contributed by atoms with Crippen molar-refractivity contribution in [3.8, 4) is 0 Å². The Morgan fingerprint density at radius 3 is 2.20 bits per heavy atom. The van der Waals surface area contributed by atoms with Crippen LogP contribution in [-0.4, -0.2) is 35.7 Å². The molecule has 1 aromatic heterocycles. The third-order valence-corrected chi connectivity index (χ3v) is 2.36. The Hall–Kier alpha value is -0.700. The summed E-state index contributed by atoms with van der Waals surface area (Å²) in [5, 5.41) is 7.23. The van der Waals surface area contributed by atoms with Crippen LogP contribution in [0, 0.1) is 0 Å². The van der Waals surface area contributed by atoms with Crippen molar-refractivity contribution in [3.63, 3.8) is 0 Å². The van der Waals surface area contributed by atoms with Gasteiger partial charge in [-0.1, -0.05) is 0 Å². The van der Waals surface area contributed by atoms with Crippen LogP contribution in [0.15, 0.2) is 0 Å². The van der Waals surface area contributed by atoms with Gasteiger partial charge in [0.25, 0.3) is 0 Å². The lowest BCUT2D eigenvalue weighted by atomic mass is 10.7. The standard InChI is InChI=1S/C5H7Cl2N5O2S/c6-3-10-4(7)12-5(11-3)9-1-2-15(8,13)14/h1-2H2,(H2,8,13,14)(H,9,10,11,12). The van der Waals surface area contributed by atoms with E-state index in [9.17, 15) is 8.42 Å². The highest BCUT2D eigenvalue weighted by Gasteiger charge is 2.05. The topological polar surface area (TPSA) is 111 Å². The molecule has 0 aromatic carbocycles. The second kappa shape index (κ2) is 4.88. The van der Waals surface area contributed by atoms with E-state index >= 15 is 0 Å². The van der Waals surface area contributed by atoms with Crippen LogP contribution < -0.4 is 10.5 Å². The number of nitrogens with one attached hydrogen (secondary N) is 1. The summed E-state index contributed by atoms with van der Waals surface area (Å²) in [6.45, 7) is 0.0650. The van der Waals surface area contributed by atoms with E-state index in [0.717, 1.165) is 0 Å². The number of halogens is 2. The number of hydrogen-bond donors (Lipinski definition) is 2. The number of nitrogens with two attached hydrogens (primary N) is 1. The van der Waals surface area contributed by atoms with Crippen molar-refractivity contribution in [1.82, 2.24) is 15.0 Å². The summed E-state index contributed by atoms with van der Waals surface area (Å²) in [6, 6.07) is 0. The molecule has 0 aliphatic heterocycles. The molecule has 0 saturated heterocycles. The van der Waals surface area contributed by atoms with E-state index in [-0.39, 0.29) is 28.8 Å². The van der Waals surface area contributed by atoms with E-state index in [4.69, 9.17) is 28.3 Å². The first-order valence-electron chi connectivity index (χ1n) is 3.68. The molecule has 15 heavy (non-hydrogen) atoms. The molecule has 0 aliphatic carbocycles. The molecule has 1 aromatic rings. The van der Waals surface area contributed by atoms with E-state index in [1.807, 2.05) is 0 Å². The molecule has 0 aliphatic rings. The number of primary sulfonamides is 1. The molecule has 0 bridgehead atoms. The largest absolute Gasteiger partial charge is 0.353 e. The van der Waals surface area contributed by atoms with Gasteiger partial charge in [0.15, 0.2) is 0 Å². The van der Waals surface area contributed by atoms with Crippen LogP contribution >= 0.6 is 23.2 Å². The SMILES string of the molecule is NS(=O)(=O)CCNc1nc(Cl)nc(Cl)n1. The zero-order chi connectivity index (χ0) is 11.5. The molecule has 0 unspecified atom stereocenters. The maximum Gasteiger partial charge on any atom is 0.228 e. The van der Waals surface area contributed by atoms with Crippen molar-refractivity contribution in [2.24, 2.45) is 5.14 Å². The lowest BCUT2D eigenvalue weighted by Gasteiger charge is -2.03. The van der Waals surface area contributed by atoms with Gasteiger partial charge in [0.05, 0.1) is 5.75 Å². The highest BCUT2D eigenvalue weighted by molar-refractivity contribution is 7.89. The van der Waals surface area contributed by atoms with Crippen molar-refractivity contribution in [2.75, 3.05) is 17.6 Å². The third kappa shape index (κ3) is 5.07. The van der Waals surface area contributed by atoms with Crippen LogP contribution in [0.2, 0.25) is 10.6 Å². The molecule has 7 nitrogen and oxygen atoms in total. The molecule has 0 radical (unpaired) electrons. The summed E-state index contributed by atoms with van der Waals surface area (Å²) in [6.07, 6.45) is 0. The van der Waals surface area contributed by atoms with Gasteiger partial charge in [-0.15, -0.1) is 0 Å². The maximum absolute atomic E-state index is 10.6. The highest BCUT2D eigenvalue weighted by atomic mass is 35.5. The summed E-state index contributed by atoms with van der Waals surface area (Å²) in [5.74, 6) is -0.142. The van der Waals surface area contributed by atoms with Gasteiger partial charge in [-0.05, 0) is 23.2 Å². The number of sulfonamides is 1. The summed E-state index contributed by atoms with van der Waals surface area (Å²) in [7, 11) is -3.51. The van der Waals surface area contributed by atoms with Crippen molar-refractivity contribution in [1.29, 1.82) is 0 Å². The van der Waals surface area contributed by atoms with E-state index in [1.54, 1.807) is 0 Å². The summed E-state index contributed by atoms with van der Waals surface area (Å²) in [5.41, 5.74) is 0. The quantitative estimate of drug-likeness (QED) is 0.790. The summed E-state index contributed by atoms with van der Waals surface area (Å²) in [4.78, 5) is 10.8. The molecule has 0 saturated carbocycles. The first kappa shape index (κ1) is 12.4.